The number of rotatable bonds is 4. The van der Waals surface area contributed by atoms with Crippen molar-refractivity contribution in [2.45, 2.75) is 25.2 Å². The van der Waals surface area contributed by atoms with Crippen molar-refractivity contribution >= 4 is 5.91 Å². The molecule has 0 aromatic heterocycles. The first-order valence-electron chi connectivity index (χ1n) is 9.55. The monoisotopic (exact) mass is 346 g/mol. The third-order valence-electron chi connectivity index (χ3n) is 5.86. The van der Waals surface area contributed by atoms with E-state index in [1.165, 1.54) is 12.5 Å². The fourth-order valence-electron chi connectivity index (χ4n) is 4.39. The number of amides is 1. The number of carbonyl (C=O) groups is 1. The smallest absolute Gasteiger partial charge is 0.226 e. The largest absolute Gasteiger partial charge is 0.379 e. The van der Waals surface area contributed by atoms with Gasteiger partial charge >= 0.3 is 0 Å². The molecule has 1 aliphatic carbocycles. The van der Waals surface area contributed by atoms with Crippen LogP contribution in [-0.4, -0.2) is 61.6 Å². The highest BCUT2D eigenvalue weighted by Gasteiger charge is 2.47. The Morgan fingerprint density at radius 2 is 2.00 bits per heavy atom. The van der Waals surface area contributed by atoms with Crippen LogP contribution < -0.4 is 0 Å². The molecule has 1 saturated carbocycles. The topological polar surface area (TPSA) is 32.8 Å². The molecular formula is C20H27FN2O2. The van der Waals surface area contributed by atoms with Gasteiger partial charge in [-0.25, -0.2) is 4.39 Å². The van der Waals surface area contributed by atoms with Gasteiger partial charge in [-0.05, 0) is 42.7 Å². The summed E-state index contributed by atoms with van der Waals surface area (Å²) < 4.78 is 19.4. The van der Waals surface area contributed by atoms with Crippen molar-refractivity contribution in [2.24, 2.45) is 11.8 Å². The minimum atomic E-state index is -0.174. The SMILES string of the molecule is O=C([C@@H]1C[C@H]1c1ccccc1F)N1CCC[C@H](CN2CCOCC2)C1. The van der Waals surface area contributed by atoms with Crippen molar-refractivity contribution in [3.05, 3.63) is 35.6 Å². The lowest BCUT2D eigenvalue weighted by Gasteiger charge is -2.37. The van der Waals surface area contributed by atoms with Gasteiger partial charge in [0.1, 0.15) is 5.82 Å². The number of morpholine rings is 1. The van der Waals surface area contributed by atoms with E-state index in [9.17, 15) is 9.18 Å². The van der Waals surface area contributed by atoms with E-state index in [2.05, 4.69) is 4.90 Å². The standard InChI is InChI=1S/C20H27FN2O2/c21-19-6-2-1-5-16(19)17-12-18(17)20(24)23-7-3-4-15(14-23)13-22-8-10-25-11-9-22/h1-2,5-6,15,17-18H,3-4,7-14H2/t15-,17+,18-/m1/s1. The van der Waals surface area contributed by atoms with Crippen LogP contribution in [-0.2, 0) is 9.53 Å². The normalized spacial score (nSPS) is 30.3. The molecule has 2 saturated heterocycles. The number of hydrogen-bond donors (Lipinski definition) is 0. The highest BCUT2D eigenvalue weighted by atomic mass is 19.1. The summed E-state index contributed by atoms with van der Waals surface area (Å²) in [4.78, 5) is 17.4. The fourth-order valence-corrected chi connectivity index (χ4v) is 4.39. The number of benzene rings is 1. The third-order valence-corrected chi connectivity index (χ3v) is 5.86. The Labute approximate surface area is 148 Å². The van der Waals surface area contributed by atoms with Crippen molar-refractivity contribution in [3.8, 4) is 0 Å². The van der Waals surface area contributed by atoms with Gasteiger partial charge in [0.05, 0.1) is 13.2 Å². The number of piperidine rings is 1. The number of nitrogens with zero attached hydrogens (tertiary/aromatic N) is 2. The molecule has 5 heteroatoms. The Morgan fingerprint density at radius 1 is 1.20 bits per heavy atom. The van der Waals surface area contributed by atoms with Crippen LogP contribution in [0.5, 0.6) is 0 Å². The molecule has 4 nitrogen and oxygen atoms in total. The van der Waals surface area contributed by atoms with Crippen molar-refractivity contribution < 1.29 is 13.9 Å². The Morgan fingerprint density at radius 3 is 2.80 bits per heavy atom. The van der Waals surface area contributed by atoms with Crippen LogP contribution >= 0.6 is 0 Å². The molecule has 1 aromatic carbocycles. The molecule has 0 bridgehead atoms. The summed E-state index contributed by atoms with van der Waals surface area (Å²) in [6.45, 7) is 6.43. The molecule has 2 heterocycles. The lowest BCUT2D eigenvalue weighted by Crippen LogP contribution is -2.46. The average Bonchev–Trinajstić information content (AvgIpc) is 3.43. The minimum Gasteiger partial charge on any atom is -0.379 e. The first-order chi connectivity index (χ1) is 12.2. The Hall–Kier alpha value is -1.46. The van der Waals surface area contributed by atoms with E-state index in [1.807, 2.05) is 17.0 Å². The molecule has 0 N–H and O–H groups in total. The highest BCUT2D eigenvalue weighted by Crippen LogP contribution is 2.49. The Kier molecular flexibility index (Phi) is 5.04. The van der Waals surface area contributed by atoms with Gasteiger partial charge in [-0.15, -0.1) is 0 Å². The second-order valence-electron chi connectivity index (χ2n) is 7.68. The van der Waals surface area contributed by atoms with Gasteiger partial charge in [-0.3, -0.25) is 9.69 Å². The predicted molar refractivity (Wildman–Crippen MR) is 93.8 cm³/mol. The molecule has 3 aliphatic rings. The van der Waals surface area contributed by atoms with Gasteiger partial charge in [0.25, 0.3) is 0 Å². The first-order valence-corrected chi connectivity index (χ1v) is 9.55. The molecule has 0 spiro atoms. The summed E-state index contributed by atoms with van der Waals surface area (Å²) >= 11 is 0. The van der Waals surface area contributed by atoms with Gasteiger partial charge in [0.2, 0.25) is 5.91 Å². The second-order valence-corrected chi connectivity index (χ2v) is 7.68. The quantitative estimate of drug-likeness (QED) is 0.840. The predicted octanol–water partition coefficient (Wildman–Crippen LogP) is 2.50. The van der Waals surface area contributed by atoms with E-state index in [1.54, 1.807) is 6.07 Å². The van der Waals surface area contributed by atoms with E-state index >= 15 is 0 Å². The van der Waals surface area contributed by atoms with Gasteiger partial charge < -0.3 is 9.64 Å². The molecule has 4 rings (SSSR count). The first kappa shape index (κ1) is 17.0. The van der Waals surface area contributed by atoms with Crippen LogP contribution in [0.4, 0.5) is 4.39 Å². The maximum absolute atomic E-state index is 13.9. The van der Waals surface area contributed by atoms with E-state index in [4.69, 9.17) is 4.74 Å². The highest BCUT2D eigenvalue weighted by molar-refractivity contribution is 5.83. The molecule has 136 valence electrons. The molecule has 0 radical (unpaired) electrons. The van der Waals surface area contributed by atoms with Crippen molar-refractivity contribution in [1.29, 1.82) is 0 Å². The lowest BCUT2D eigenvalue weighted by atomic mass is 9.96. The molecule has 0 unspecified atom stereocenters. The van der Waals surface area contributed by atoms with Crippen molar-refractivity contribution in [2.75, 3.05) is 45.9 Å². The second kappa shape index (κ2) is 7.42. The summed E-state index contributed by atoms with van der Waals surface area (Å²) in [5, 5.41) is 0. The Bertz CT molecular complexity index is 617. The molecule has 2 aliphatic heterocycles. The zero-order chi connectivity index (χ0) is 17.2. The van der Waals surface area contributed by atoms with E-state index < -0.39 is 0 Å². The summed E-state index contributed by atoms with van der Waals surface area (Å²) in [7, 11) is 0. The molecule has 1 amide bonds. The zero-order valence-electron chi connectivity index (χ0n) is 14.7. The van der Waals surface area contributed by atoms with Crippen LogP contribution in [0.15, 0.2) is 24.3 Å². The maximum atomic E-state index is 13.9. The van der Waals surface area contributed by atoms with E-state index in [0.717, 1.165) is 58.8 Å². The van der Waals surface area contributed by atoms with Crippen LogP contribution in [0.1, 0.15) is 30.7 Å². The van der Waals surface area contributed by atoms with Gasteiger partial charge in [0, 0.05) is 38.6 Å². The molecule has 3 fully saturated rings. The molecule has 1 aromatic rings. The molecule has 3 atom stereocenters. The van der Waals surface area contributed by atoms with Crippen LogP contribution in [0.2, 0.25) is 0 Å². The van der Waals surface area contributed by atoms with E-state index in [0.29, 0.717) is 11.5 Å². The lowest BCUT2D eigenvalue weighted by molar-refractivity contribution is -0.134. The fraction of sp³-hybridized carbons (Fsp3) is 0.650. The zero-order valence-corrected chi connectivity index (χ0v) is 14.7. The van der Waals surface area contributed by atoms with Crippen LogP contribution in [0, 0.1) is 17.7 Å². The molecular weight excluding hydrogens is 319 g/mol. The van der Waals surface area contributed by atoms with Gasteiger partial charge in [0.15, 0.2) is 0 Å². The minimum absolute atomic E-state index is 0.0148. The van der Waals surface area contributed by atoms with Crippen molar-refractivity contribution in [1.82, 2.24) is 9.80 Å². The Balaban J connectivity index is 1.32. The summed E-state index contributed by atoms with van der Waals surface area (Å²) in [5.74, 6) is 0.681. The average molecular weight is 346 g/mol. The third kappa shape index (κ3) is 3.87. The van der Waals surface area contributed by atoms with E-state index in [-0.39, 0.29) is 23.6 Å². The van der Waals surface area contributed by atoms with Crippen LogP contribution in [0.25, 0.3) is 0 Å². The van der Waals surface area contributed by atoms with Gasteiger partial charge in [-0.2, -0.15) is 0 Å². The van der Waals surface area contributed by atoms with Gasteiger partial charge in [-0.1, -0.05) is 18.2 Å². The van der Waals surface area contributed by atoms with Crippen molar-refractivity contribution in [3.63, 3.8) is 0 Å². The summed E-state index contributed by atoms with van der Waals surface area (Å²) in [6.07, 6.45) is 3.07. The summed E-state index contributed by atoms with van der Waals surface area (Å²) in [5.41, 5.74) is 0.711. The number of likely N-dealkylation sites (tertiary alicyclic amines) is 1. The number of ether oxygens (including phenoxy) is 1. The van der Waals surface area contributed by atoms with Crippen LogP contribution in [0.3, 0.4) is 0 Å². The maximum Gasteiger partial charge on any atom is 0.226 e. The number of halogens is 1. The summed E-state index contributed by atoms with van der Waals surface area (Å²) in [6, 6.07) is 6.88. The number of hydrogen-bond acceptors (Lipinski definition) is 3. The number of carbonyl (C=O) groups excluding carboxylic acids is 1. The molecule has 25 heavy (non-hydrogen) atoms.